The molecule has 0 aliphatic rings. The second-order valence-electron chi connectivity index (χ2n) is 5.78. The molecular weight excluding hydrogens is 210 g/mol. The highest BCUT2D eigenvalue weighted by molar-refractivity contribution is 5.34. The maximum Gasteiger partial charge on any atom is 0.120 e. The Balaban J connectivity index is 2.75. The van der Waals surface area contributed by atoms with E-state index in [0.29, 0.717) is 6.04 Å². The second-order valence-corrected chi connectivity index (χ2v) is 5.78. The summed E-state index contributed by atoms with van der Waals surface area (Å²) in [7, 11) is 1.94. The van der Waals surface area contributed by atoms with E-state index in [-0.39, 0.29) is 5.41 Å². The molecular formula is C14H23N3. The zero-order chi connectivity index (χ0) is 13.2. The van der Waals surface area contributed by atoms with Gasteiger partial charge in [-0.2, -0.15) is 5.26 Å². The van der Waals surface area contributed by atoms with Gasteiger partial charge in [0.15, 0.2) is 0 Å². The second kappa shape index (κ2) is 4.93. The summed E-state index contributed by atoms with van der Waals surface area (Å²) in [4.78, 5) is 0. The molecule has 94 valence electrons. The fraction of sp³-hybridized carbons (Fsp3) is 0.643. The van der Waals surface area contributed by atoms with Crippen molar-refractivity contribution in [3.05, 3.63) is 23.0 Å². The summed E-state index contributed by atoms with van der Waals surface area (Å²) in [6.07, 6.45) is 0. The van der Waals surface area contributed by atoms with Crippen molar-refractivity contribution in [1.29, 1.82) is 5.26 Å². The maximum absolute atomic E-state index is 8.97. The molecule has 0 bridgehead atoms. The van der Waals surface area contributed by atoms with Crippen molar-refractivity contribution in [3.63, 3.8) is 0 Å². The van der Waals surface area contributed by atoms with Crippen molar-refractivity contribution in [2.45, 2.75) is 47.2 Å². The van der Waals surface area contributed by atoms with Gasteiger partial charge in [0.05, 0.1) is 0 Å². The summed E-state index contributed by atoms with van der Waals surface area (Å²) < 4.78 is 1.94. The van der Waals surface area contributed by atoms with Crippen LogP contribution >= 0.6 is 0 Å². The molecule has 0 aromatic carbocycles. The number of nitrogens with one attached hydrogen (secondary N) is 1. The first-order valence-electron chi connectivity index (χ1n) is 6.06. The summed E-state index contributed by atoms with van der Waals surface area (Å²) in [5, 5.41) is 12.5. The van der Waals surface area contributed by atoms with Gasteiger partial charge in [-0.3, -0.25) is 0 Å². The number of aromatic nitrogens is 1. The van der Waals surface area contributed by atoms with E-state index >= 15 is 0 Å². The van der Waals surface area contributed by atoms with Crippen molar-refractivity contribution in [2.24, 2.45) is 12.5 Å². The van der Waals surface area contributed by atoms with Crippen molar-refractivity contribution in [3.8, 4) is 6.07 Å². The molecule has 3 heteroatoms. The van der Waals surface area contributed by atoms with Gasteiger partial charge in [0.1, 0.15) is 11.8 Å². The van der Waals surface area contributed by atoms with E-state index in [1.54, 1.807) is 0 Å². The SMILES string of the molecule is Cc1c(CNC(C)C(C)(C)C)cc(C#N)n1C. The van der Waals surface area contributed by atoms with E-state index in [1.807, 2.05) is 17.7 Å². The molecule has 1 rings (SSSR count). The maximum atomic E-state index is 8.97. The van der Waals surface area contributed by atoms with Crippen LogP contribution in [0.3, 0.4) is 0 Å². The predicted molar refractivity (Wildman–Crippen MR) is 70.6 cm³/mol. The quantitative estimate of drug-likeness (QED) is 0.872. The minimum absolute atomic E-state index is 0.251. The van der Waals surface area contributed by atoms with Gasteiger partial charge in [0.25, 0.3) is 0 Å². The molecule has 17 heavy (non-hydrogen) atoms. The zero-order valence-electron chi connectivity index (χ0n) is 11.8. The third-order valence-electron chi connectivity index (χ3n) is 3.65. The van der Waals surface area contributed by atoms with Crippen LogP contribution in [0.2, 0.25) is 0 Å². The van der Waals surface area contributed by atoms with Gasteiger partial charge in [0.2, 0.25) is 0 Å². The third kappa shape index (κ3) is 3.10. The fourth-order valence-corrected chi connectivity index (χ4v) is 1.62. The summed E-state index contributed by atoms with van der Waals surface area (Å²) in [6, 6.07) is 4.62. The number of nitriles is 1. The molecule has 0 aliphatic heterocycles. The van der Waals surface area contributed by atoms with E-state index in [1.165, 1.54) is 5.56 Å². The normalized spacial score (nSPS) is 13.5. The zero-order valence-corrected chi connectivity index (χ0v) is 11.8. The molecule has 1 atom stereocenters. The highest BCUT2D eigenvalue weighted by Gasteiger charge is 2.19. The van der Waals surface area contributed by atoms with Gasteiger partial charge in [-0.25, -0.2) is 0 Å². The van der Waals surface area contributed by atoms with E-state index in [4.69, 9.17) is 5.26 Å². The lowest BCUT2D eigenvalue weighted by molar-refractivity contribution is 0.285. The predicted octanol–water partition coefficient (Wildman–Crippen LogP) is 2.73. The Kier molecular flexibility index (Phi) is 4.00. The van der Waals surface area contributed by atoms with E-state index in [2.05, 4.69) is 46.0 Å². The van der Waals surface area contributed by atoms with Crippen LogP contribution < -0.4 is 5.32 Å². The Morgan fingerprint density at radius 3 is 2.47 bits per heavy atom. The summed E-state index contributed by atoms with van der Waals surface area (Å²) in [6.45, 7) is 11.7. The Bertz CT molecular complexity index is 430. The Morgan fingerprint density at radius 1 is 1.47 bits per heavy atom. The number of hydrogen-bond acceptors (Lipinski definition) is 2. The number of rotatable bonds is 3. The first kappa shape index (κ1) is 13.8. The molecule has 1 aromatic rings. The van der Waals surface area contributed by atoms with Gasteiger partial charge in [-0.1, -0.05) is 20.8 Å². The third-order valence-corrected chi connectivity index (χ3v) is 3.65. The molecule has 0 fully saturated rings. The molecule has 3 nitrogen and oxygen atoms in total. The van der Waals surface area contributed by atoms with Crippen LogP contribution in [-0.2, 0) is 13.6 Å². The molecule has 0 saturated heterocycles. The first-order valence-corrected chi connectivity index (χ1v) is 6.06. The number of hydrogen-bond donors (Lipinski definition) is 1. The minimum Gasteiger partial charge on any atom is -0.340 e. The Morgan fingerprint density at radius 2 is 2.06 bits per heavy atom. The largest absolute Gasteiger partial charge is 0.340 e. The average molecular weight is 233 g/mol. The summed E-state index contributed by atoms with van der Waals surface area (Å²) >= 11 is 0. The summed E-state index contributed by atoms with van der Waals surface area (Å²) in [5.74, 6) is 0. The minimum atomic E-state index is 0.251. The van der Waals surface area contributed by atoms with Crippen LogP contribution in [-0.4, -0.2) is 10.6 Å². The van der Waals surface area contributed by atoms with Crippen LogP contribution in [0.1, 0.15) is 44.6 Å². The van der Waals surface area contributed by atoms with Crippen LogP contribution in [0, 0.1) is 23.7 Å². The van der Waals surface area contributed by atoms with Gasteiger partial charge in [-0.15, -0.1) is 0 Å². The Labute approximate surface area is 104 Å². The molecule has 0 saturated carbocycles. The highest BCUT2D eigenvalue weighted by atomic mass is 15.0. The van der Waals surface area contributed by atoms with Crippen molar-refractivity contribution >= 4 is 0 Å². The topological polar surface area (TPSA) is 40.8 Å². The lowest BCUT2D eigenvalue weighted by Gasteiger charge is -2.28. The van der Waals surface area contributed by atoms with E-state index in [9.17, 15) is 0 Å². The first-order chi connectivity index (χ1) is 7.77. The van der Waals surface area contributed by atoms with Crippen LogP contribution in [0.5, 0.6) is 0 Å². The lowest BCUT2D eigenvalue weighted by atomic mass is 9.88. The van der Waals surface area contributed by atoms with Gasteiger partial charge >= 0.3 is 0 Å². The highest BCUT2D eigenvalue weighted by Crippen LogP contribution is 2.20. The smallest absolute Gasteiger partial charge is 0.120 e. The van der Waals surface area contributed by atoms with Gasteiger partial charge in [-0.05, 0) is 30.9 Å². The van der Waals surface area contributed by atoms with Gasteiger partial charge < -0.3 is 9.88 Å². The fourth-order valence-electron chi connectivity index (χ4n) is 1.62. The Hall–Kier alpha value is -1.27. The lowest BCUT2D eigenvalue weighted by Crippen LogP contribution is -2.37. The van der Waals surface area contributed by atoms with Crippen LogP contribution in [0.25, 0.3) is 0 Å². The van der Waals surface area contributed by atoms with Crippen molar-refractivity contribution in [2.75, 3.05) is 0 Å². The molecule has 1 aromatic heterocycles. The average Bonchev–Trinajstić information content (AvgIpc) is 2.51. The van der Waals surface area contributed by atoms with Gasteiger partial charge in [0, 0.05) is 25.3 Å². The molecule has 0 radical (unpaired) electrons. The molecule has 0 spiro atoms. The molecule has 1 heterocycles. The van der Waals surface area contributed by atoms with Crippen LogP contribution in [0.15, 0.2) is 6.07 Å². The molecule has 0 aliphatic carbocycles. The summed E-state index contributed by atoms with van der Waals surface area (Å²) in [5.41, 5.74) is 3.35. The van der Waals surface area contributed by atoms with Crippen molar-refractivity contribution < 1.29 is 0 Å². The standard InChI is InChI=1S/C14H23N3/c1-10-12(7-13(8-15)17(10)6)9-16-11(2)14(3,4)5/h7,11,16H,9H2,1-6H3. The molecule has 1 N–H and O–H groups in total. The number of nitrogens with zero attached hydrogens (tertiary/aromatic N) is 2. The van der Waals surface area contributed by atoms with Crippen LogP contribution in [0.4, 0.5) is 0 Å². The molecule has 1 unspecified atom stereocenters. The van der Waals surface area contributed by atoms with Crippen molar-refractivity contribution in [1.82, 2.24) is 9.88 Å². The molecule has 0 amide bonds. The van der Waals surface area contributed by atoms with E-state index < -0.39 is 0 Å². The van der Waals surface area contributed by atoms with E-state index in [0.717, 1.165) is 17.9 Å². The monoisotopic (exact) mass is 233 g/mol.